The van der Waals surface area contributed by atoms with Crippen molar-refractivity contribution in [3.05, 3.63) is 59.0 Å². The number of aromatic nitrogens is 4. The smallest absolute Gasteiger partial charge is 0.225 e. The monoisotopic (exact) mass is 630 g/mol. The van der Waals surface area contributed by atoms with Gasteiger partial charge in [-0.1, -0.05) is 13.0 Å². The molecule has 2 aliphatic rings. The molecule has 0 spiro atoms. The van der Waals surface area contributed by atoms with E-state index in [0.29, 0.717) is 28.0 Å². The highest BCUT2D eigenvalue weighted by molar-refractivity contribution is 7.91. The van der Waals surface area contributed by atoms with Crippen LogP contribution in [-0.2, 0) is 16.4 Å². The Morgan fingerprint density at radius 3 is 2.51 bits per heavy atom. The number of aliphatic hydroxyl groups excluding tert-OH is 2. The SMILES string of the molecule is CCS(=O)(=O)C[C@H]1CC(Nc2nc(NCc3c(F)cccc3F)nc(C)c2-c2nc3c(C4CC4)nccc3s2)[C@H](O)[C@@H]1O. The molecule has 4 N–H and O–H groups in total. The predicted octanol–water partition coefficient (Wildman–Crippen LogP) is 4.18. The Morgan fingerprint density at radius 2 is 1.81 bits per heavy atom. The van der Waals surface area contributed by atoms with E-state index in [-0.39, 0.29) is 36.0 Å². The second-order valence-corrected chi connectivity index (χ2v) is 14.6. The summed E-state index contributed by atoms with van der Waals surface area (Å²) in [7, 11) is -3.39. The van der Waals surface area contributed by atoms with Crippen LogP contribution in [0, 0.1) is 24.5 Å². The van der Waals surface area contributed by atoms with Crippen LogP contribution < -0.4 is 10.6 Å². The van der Waals surface area contributed by atoms with Crippen molar-refractivity contribution in [3.63, 3.8) is 0 Å². The molecule has 2 fully saturated rings. The van der Waals surface area contributed by atoms with E-state index < -0.39 is 45.6 Å². The first-order valence-electron chi connectivity index (χ1n) is 14.2. The van der Waals surface area contributed by atoms with Gasteiger partial charge in [0.2, 0.25) is 5.95 Å². The number of hydrogen-bond donors (Lipinski definition) is 4. The number of pyridine rings is 1. The highest BCUT2D eigenvalue weighted by Crippen LogP contribution is 2.44. The van der Waals surface area contributed by atoms with E-state index >= 15 is 0 Å². The summed E-state index contributed by atoms with van der Waals surface area (Å²) in [5, 5.41) is 28.4. The number of nitrogens with one attached hydrogen (secondary N) is 2. The molecule has 0 saturated heterocycles. The maximum Gasteiger partial charge on any atom is 0.225 e. The summed E-state index contributed by atoms with van der Waals surface area (Å²) < 4.78 is 54.1. The highest BCUT2D eigenvalue weighted by Gasteiger charge is 2.43. The summed E-state index contributed by atoms with van der Waals surface area (Å²) in [6, 6.07) is 4.80. The Balaban J connectivity index is 1.37. The van der Waals surface area contributed by atoms with Gasteiger partial charge in [0.1, 0.15) is 43.9 Å². The molecule has 0 radical (unpaired) electrons. The van der Waals surface area contributed by atoms with E-state index in [1.54, 1.807) is 20.0 Å². The molecule has 3 heterocycles. The van der Waals surface area contributed by atoms with E-state index in [2.05, 4.69) is 25.6 Å². The summed E-state index contributed by atoms with van der Waals surface area (Å²) in [6.07, 6.45) is 1.58. The summed E-state index contributed by atoms with van der Waals surface area (Å²) in [5.41, 5.74) is 2.69. The fraction of sp³-hybridized carbons (Fsp3) is 0.448. The van der Waals surface area contributed by atoms with Crippen LogP contribution in [0.5, 0.6) is 0 Å². The average molecular weight is 631 g/mol. The van der Waals surface area contributed by atoms with Crippen molar-refractivity contribution in [3.8, 4) is 10.6 Å². The molecule has 228 valence electrons. The number of thiazole rings is 1. The maximum atomic E-state index is 14.3. The zero-order chi connectivity index (χ0) is 30.5. The molecule has 10 nitrogen and oxygen atoms in total. The Kier molecular flexibility index (Phi) is 8.05. The second-order valence-electron chi connectivity index (χ2n) is 11.2. The molecule has 3 aromatic heterocycles. The Bertz CT molecular complexity index is 1760. The van der Waals surface area contributed by atoms with Crippen LogP contribution in [0.1, 0.15) is 49.1 Å². The molecular formula is C29H32F2N6O4S2. The Hall–Kier alpha value is -3.33. The molecule has 0 amide bonds. The van der Waals surface area contributed by atoms with Crippen molar-refractivity contribution in [1.29, 1.82) is 0 Å². The van der Waals surface area contributed by atoms with Crippen LogP contribution in [-0.4, -0.2) is 68.3 Å². The second kappa shape index (κ2) is 11.6. The lowest BCUT2D eigenvalue weighted by atomic mass is 10.1. The van der Waals surface area contributed by atoms with Gasteiger partial charge in [-0.3, -0.25) is 4.98 Å². The summed E-state index contributed by atoms with van der Waals surface area (Å²) in [5.74, 6) is -1.62. The number of aliphatic hydroxyl groups is 2. The number of sulfone groups is 1. The first-order chi connectivity index (χ1) is 20.5. The van der Waals surface area contributed by atoms with Crippen LogP contribution in [0.25, 0.3) is 20.8 Å². The van der Waals surface area contributed by atoms with Crippen LogP contribution in [0.2, 0.25) is 0 Å². The number of fused-ring (bicyclic) bond motifs is 1. The zero-order valence-corrected chi connectivity index (χ0v) is 25.2. The summed E-state index contributed by atoms with van der Waals surface area (Å²) in [6.45, 7) is 3.10. The third-order valence-corrected chi connectivity index (χ3v) is 11.0. The van der Waals surface area contributed by atoms with E-state index in [0.717, 1.165) is 28.8 Å². The summed E-state index contributed by atoms with van der Waals surface area (Å²) >= 11 is 1.45. The molecule has 0 bridgehead atoms. The topological polar surface area (TPSA) is 150 Å². The lowest BCUT2D eigenvalue weighted by Gasteiger charge is -2.21. The minimum atomic E-state index is -3.39. The van der Waals surface area contributed by atoms with Gasteiger partial charge >= 0.3 is 0 Å². The first kappa shape index (κ1) is 29.7. The van der Waals surface area contributed by atoms with Gasteiger partial charge in [-0.25, -0.2) is 27.2 Å². The Labute approximate surface area is 251 Å². The van der Waals surface area contributed by atoms with Crippen molar-refractivity contribution >= 4 is 43.2 Å². The zero-order valence-electron chi connectivity index (χ0n) is 23.6. The van der Waals surface area contributed by atoms with Gasteiger partial charge in [0.25, 0.3) is 0 Å². The maximum absolute atomic E-state index is 14.3. The molecule has 14 heteroatoms. The van der Waals surface area contributed by atoms with Crippen LogP contribution in [0.4, 0.5) is 20.5 Å². The van der Waals surface area contributed by atoms with Crippen molar-refractivity contribution in [2.24, 2.45) is 5.92 Å². The van der Waals surface area contributed by atoms with E-state index in [4.69, 9.17) is 4.98 Å². The lowest BCUT2D eigenvalue weighted by Crippen LogP contribution is -2.36. The normalized spacial score (nSPS) is 22.3. The van der Waals surface area contributed by atoms with Gasteiger partial charge in [-0.2, -0.15) is 4.98 Å². The Morgan fingerprint density at radius 1 is 1.07 bits per heavy atom. The molecule has 2 saturated carbocycles. The van der Waals surface area contributed by atoms with Gasteiger partial charge in [-0.15, -0.1) is 11.3 Å². The van der Waals surface area contributed by atoms with Gasteiger partial charge in [0, 0.05) is 35.9 Å². The van der Waals surface area contributed by atoms with Crippen molar-refractivity contribution < 1.29 is 27.4 Å². The minimum Gasteiger partial charge on any atom is -0.390 e. The fourth-order valence-corrected chi connectivity index (χ4v) is 7.86. The molecule has 1 aromatic carbocycles. The van der Waals surface area contributed by atoms with Gasteiger partial charge < -0.3 is 20.8 Å². The van der Waals surface area contributed by atoms with Crippen molar-refractivity contribution in [2.45, 2.75) is 63.8 Å². The van der Waals surface area contributed by atoms with Crippen molar-refractivity contribution in [2.75, 3.05) is 22.1 Å². The van der Waals surface area contributed by atoms with Gasteiger partial charge in [-0.05, 0) is 44.4 Å². The third kappa shape index (κ3) is 6.06. The molecular weight excluding hydrogens is 598 g/mol. The third-order valence-electron chi connectivity index (χ3n) is 8.12. The first-order valence-corrected chi connectivity index (χ1v) is 16.8. The van der Waals surface area contributed by atoms with E-state index in [1.165, 1.54) is 29.5 Å². The molecule has 4 aromatic rings. The van der Waals surface area contributed by atoms with Crippen molar-refractivity contribution in [1.82, 2.24) is 19.9 Å². The predicted molar refractivity (Wildman–Crippen MR) is 161 cm³/mol. The van der Waals surface area contributed by atoms with E-state index in [9.17, 15) is 27.4 Å². The van der Waals surface area contributed by atoms with Crippen LogP contribution >= 0.6 is 11.3 Å². The molecule has 43 heavy (non-hydrogen) atoms. The molecule has 1 unspecified atom stereocenters. The standard InChI is InChI=1S/C29H32F2N6O4S2/c1-3-43(40,41)13-16-11-20(26(39)25(16)38)35-27-22(28-36-24-21(42-28)9-10-32-23(24)15-7-8-15)14(2)34-29(37-27)33-12-17-18(30)5-4-6-19(17)31/h4-6,9-10,15-16,20,25-26,38-39H,3,7-8,11-13H2,1-2H3,(H2,33,34,35,37)/t16-,20?,25-,26+/m1/s1. The number of benzene rings is 1. The van der Waals surface area contributed by atoms with Gasteiger partial charge in [0.05, 0.1) is 39.5 Å². The fourth-order valence-electron chi connectivity index (χ4n) is 5.57. The van der Waals surface area contributed by atoms with Crippen LogP contribution in [0.15, 0.2) is 30.5 Å². The molecule has 4 atom stereocenters. The minimum absolute atomic E-state index is 0.0629. The number of nitrogens with zero attached hydrogens (tertiary/aromatic N) is 4. The molecule has 0 aliphatic heterocycles. The lowest BCUT2D eigenvalue weighted by molar-refractivity contribution is 0.0216. The number of anilines is 2. The number of rotatable bonds is 10. The average Bonchev–Trinajstić information content (AvgIpc) is 3.67. The largest absolute Gasteiger partial charge is 0.390 e. The number of aryl methyl sites for hydroxylation is 1. The summed E-state index contributed by atoms with van der Waals surface area (Å²) in [4.78, 5) is 18.7. The van der Waals surface area contributed by atoms with Gasteiger partial charge in [0.15, 0.2) is 0 Å². The number of hydrogen-bond acceptors (Lipinski definition) is 11. The quantitative estimate of drug-likeness (QED) is 0.201. The molecule has 2 aliphatic carbocycles. The number of halogens is 2. The highest BCUT2D eigenvalue weighted by atomic mass is 32.2. The van der Waals surface area contributed by atoms with Crippen LogP contribution in [0.3, 0.4) is 0 Å². The van der Waals surface area contributed by atoms with E-state index in [1.807, 2.05) is 6.07 Å². The molecule has 6 rings (SSSR count).